The van der Waals surface area contributed by atoms with Crippen molar-refractivity contribution in [2.45, 2.75) is 25.1 Å². The second-order valence-electron chi connectivity index (χ2n) is 3.54. The number of rotatable bonds is 3. The molecule has 104 valence electrons. The molecule has 0 aliphatic rings. The molecule has 0 bridgehead atoms. The predicted octanol–water partition coefficient (Wildman–Crippen LogP) is 4.38. The van der Waals surface area contributed by atoms with Crippen molar-refractivity contribution in [2.24, 2.45) is 5.73 Å². The Morgan fingerprint density at radius 2 is 1.61 bits per heavy atom. The molecule has 8 heteroatoms. The molecule has 0 heterocycles. The second-order valence-corrected chi connectivity index (χ2v) is 3.98. The van der Waals surface area contributed by atoms with Crippen molar-refractivity contribution < 1.29 is 22.0 Å². The van der Waals surface area contributed by atoms with Crippen molar-refractivity contribution >= 4 is 24.0 Å². The molecule has 1 aromatic carbocycles. The summed E-state index contributed by atoms with van der Waals surface area (Å²) in [7, 11) is 0. The molecule has 1 nitrogen and oxygen atoms in total. The molecule has 0 saturated heterocycles. The molecule has 0 amide bonds. The lowest BCUT2D eigenvalue weighted by Gasteiger charge is -2.15. The van der Waals surface area contributed by atoms with Crippen LogP contribution in [-0.4, -0.2) is 6.18 Å². The Morgan fingerprint density at radius 3 is 2.00 bits per heavy atom. The number of hydrogen-bond acceptors (Lipinski definition) is 1. The highest BCUT2D eigenvalue weighted by molar-refractivity contribution is 6.30. The van der Waals surface area contributed by atoms with Gasteiger partial charge in [-0.25, -0.2) is 8.78 Å². The fraction of sp³-hybridized carbons (Fsp3) is 0.400. The maximum Gasteiger partial charge on any atom is 0.389 e. The molecular formula is C10H10Cl2F5N. The van der Waals surface area contributed by atoms with Gasteiger partial charge in [0.25, 0.3) is 0 Å². The summed E-state index contributed by atoms with van der Waals surface area (Å²) in [5.74, 6) is -2.07. The van der Waals surface area contributed by atoms with Crippen molar-refractivity contribution in [2.75, 3.05) is 0 Å². The fourth-order valence-electron chi connectivity index (χ4n) is 1.37. The summed E-state index contributed by atoms with van der Waals surface area (Å²) in [4.78, 5) is 0. The van der Waals surface area contributed by atoms with E-state index in [1.165, 1.54) is 0 Å². The summed E-state index contributed by atoms with van der Waals surface area (Å²) in [5.41, 5.74) is 4.76. The average Bonchev–Trinajstić information content (AvgIpc) is 2.11. The Balaban J connectivity index is 0.00000289. The zero-order valence-corrected chi connectivity index (χ0v) is 10.5. The zero-order chi connectivity index (χ0) is 13.2. The van der Waals surface area contributed by atoms with Crippen LogP contribution in [0.25, 0.3) is 0 Å². The van der Waals surface area contributed by atoms with E-state index in [1.54, 1.807) is 0 Å². The molecule has 0 radical (unpaired) electrons. The number of nitrogens with two attached hydrogens (primary N) is 1. The number of benzene rings is 1. The van der Waals surface area contributed by atoms with Gasteiger partial charge in [-0.1, -0.05) is 11.6 Å². The minimum atomic E-state index is -4.41. The minimum Gasteiger partial charge on any atom is -0.324 e. The predicted molar refractivity (Wildman–Crippen MR) is 60.8 cm³/mol. The van der Waals surface area contributed by atoms with Crippen LogP contribution >= 0.6 is 24.0 Å². The zero-order valence-electron chi connectivity index (χ0n) is 8.90. The first-order valence-electron chi connectivity index (χ1n) is 4.67. The van der Waals surface area contributed by atoms with Gasteiger partial charge in [0.05, 0.1) is 0 Å². The number of hydrogen-bond donors (Lipinski definition) is 1. The molecule has 0 unspecified atom stereocenters. The molecule has 0 aliphatic heterocycles. The molecule has 2 N–H and O–H groups in total. The van der Waals surface area contributed by atoms with Gasteiger partial charge in [0, 0.05) is 23.0 Å². The van der Waals surface area contributed by atoms with Gasteiger partial charge in [-0.15, -0.1) is 12.4 Å². The van der Waals surface area contributed by atoms with Gasteiger partial charge in [-0.05, 0) is 18.6 Å². The van der Waals surface area contributed by atoms with Crippen molar-refractivity contribution in [1.82, 2.24) is 0 Å². The smallest absolute Gasteiger partial charge is 0.324 e. The molecule has 0 fully saturated rings. The summed E-state index contributed by atoms with van der Waals surface area (Å²) in [6.07, 6.45) is -6.19. The van der Waals surface area contributed by atoms with E-state index in [9.17, 15) is 22.0 Å². The van der Waals surface area contributed by atoms with Crippen LogP contribution in [0.3, 0.4) is 0 Å². The molecule has 0 aromatic heterocycles. The second kappa shape index (κ2) is 6.54. The number of halogens is 7. The lowest BCUT2D eigenvalue weighted by Crippen LogP contribution is -2.18. The Bertz CT molecular complexity index is 385. The molecular weight excluding hydrogens is 300 g/mol. The third-order valence-corrected chi connectivity index (χ3v) is 2.37. The highest BCUT2D eigenvalue weighted by Gasteiger charge is 2.29. The maximum absolute atomic E-state index is 13.3. The summed E-state index contributed by atoms with van der Waals surface area (Å²) in [6.45, 7) is 0. The molecule has 0 saturated carbocycles. The SMILES string of the molecule is Cl.N[C@H](CCC(F)(F)F)c1c(F)cc(Cl)cc1F. The highest BCUT2D eigenvalue weighted by atomic mass is 35.5. The Hall–Kier alpha value is -0.590. The van der Waals surface area contributed by atoms with Crippen LogP contribution in [0.15, 0.2) is 12.1 Å². The Kier molecular flexibility index (Phi) is 6.33. The molecule has 1 aromatic rings. The van der Waals surface area contributed by atoms with Crippen LogP contribution < -0.4 is 5.73 Å². The lowest BCUT2D eigenvalue weighted by molar-refractivity contribution is -0.136. The van der Waals surface area contributed by atoms with Gasteiger partial charge in [0.1, 0.15) is 11.6 Å². The van der Waals surface area contributed by atoms with E-state index >= 15 is 0 Å². The topological polar surface area (TPSA) is 26.0 Å². The summed E-state index contributed by atoms with van der Waals surface area (Å²) in [6, 6.07) is 0.273. The van der Waals surface area contributed by atoms with E-state index in [2.05, 4.69) is 0 Å². The van der Waals surface area contributed by atoms with Crippen molar-refractivity contribution in [3.63, 3.8) is 0 Å². The third-order valence-electron chi connectivity index (χ3n) is 2.15. The highest BCUT2D eigenvalue weighted by Crippen LogP contribution is 2.29. The van der Waals surface area contributed by atoms with E-state index in [0.29, 0.717) is 0 Å². The molecule has 1 rings (SSSR count). The van der Waals surface area contributed by atoms with Crippen LogP contribution in [0.4, 0.5) is 22.0 Å². The van der Waals surface area contributed by atoms with E-state index in [4.69, 9.17) is 17.3 Å². The summed E-state index contributed by atoms with van der Waals surface area (Å²) < 4.78 is 62.4. The third kappa shape index (κ3) is 4.96. The molecule has 0 spiro atoms. The van der Waals surface area contributed by atoms with E-state index in [-0.39, 0.29) is 17.4 Å². The van der Waals surface area contributed by atoms with Gasteiger partial charge in [0.2, 0.25) is 0 Å². The standard InChI is InChI=1S/C10H9ClF5N.ClH/c11-5-3-6(12)9(7(13)4-5)8(17)1-2-10(14,15)16;/h3-4,8H,1-2,17H2;1H/t8-;/m1./s1. The van der Waals surface area contributed by atoms with Gasteiger partial charge in [-0.3, -0.25) is 0 Å². The molecule has 0 aliphatic carbocycles. The first-order valence-corrected chi connectivity index (χ1v) is 5.05. The van der Waals surface area contributed by atoms with Crippen LogP contribution in [0.1, 0.15) is 24.4 Å². The van der Waals surface area contributed by atoms with Crippen LogP contribution in [0, 0.1) is 11.6 Å². The average molecular weight is 310 g/mol. The van der Waals surface area contributed by atoms with Gasteiger partial charge >= 0.3 is 6.18 Å². The van der Waals surface area contributed by atoms with E-state index in [0.717, 1.165) is 12.1 Å². The first-order chi connectivity index (χ1) is 7.70. The van der Waals surface area contributed by atoms with Crippen LogP contribution in [0.2, 0.25) is 5.02 Å². The van der Waals surface area contributed by atoms with E-state index in [1.807, 2.05) is 0 Å². The Morgan fingerprint density at radius 1 is 1.17 bits per heavy atom. The van der Waals surface area contributed by atoms with Gasteiger partial charge in [-0.2, -0.15) is 13.2 Å². The number of alkyl halides is 3. The fourth-order valence-corrected chi connectivity index (χ4v) is 1.56. The summed E-state index contributed by atoms with van der Waals surface area (Å²) >= 11 is 5.38. The van der Waals surface area contributed by atoms with E-state index < -0.39 is 42.3 Å². The van der Waals surface area contributed by atoms with Crippen LogP contribution in [-0.2, 0) is 0 Å². The van der Waals surface area contributed by atoms with Crippen molar-refractivity contribution in [3.8, 4) is 0 Å². The monoisotopic (exact) mass is 309 g/mol. The normalized spacial score (nSPS) is 13.1. The van der Waals surface area contributed by atoms with Crippen molar-refractivity contribution in [1.29, 1.82) is 0 Å². The van der Waals surface area contributed by atoms with Crippen molar-refractivity contribution in [3.05, 3.63) is 34.4 Å². The maximum atomic E-state index is 13.3. The summed E-state index contributed by atoms with van der Waals surface area (Å²) in [5, 5.41) is -0.174. The molecule has 1 atom stereocenters. The first kappa shape index (κ1) is 17.4. The largest absolute Gasteiger partial charge is 0.389 e. The van der Waals surface area contributed by atoms with Gasteiger partial charge in [0.15, 0.2) is 0 Å². The molecule has 18 heavy (non-hydrogen) atoms. The Labute approximate surface area is 112 Å². The lowest BCUT2D eigenvalue weighted by atomic mass is 10.0. The minimum absolute atomic E-state index is 0. The quantitative estimate of drug-likeness (QED) is 0.824. The van der Waals surface area contributed by atoms with Gasteiger partial charge < -0.3 is 5.73 Å². The van der Waals surface area contributed by atoms with Crippen LogP contribution in [0.5, 0.6) is 0 Å².